The van der Waals surface area contributed by atoms with Gasteiger partial charge in [-0.1, -0.05) is 0 Å². The molecule has 17 heavy (non-hydrogen) atoms. The summed E-state index contributed by atoms with van der Waals surface area (Å²) in [6.45, 7) is 0. The van der Waals surface area contributed by atoms with Crippen molar-refractivity contribution in [3.8, 4) is 0 Å². The molecule has 2 rings (SSSR count). The number of nitrogens with one attached hydrogen (secondary N) is 2. The molecule has 0 saturated heterocycles. The topological polar surface area (TPSA) is 83.8 Å². The molecule has 5 nitrogen and oxygen atoms in total. The number of aromatic amines is 1. The van der Waals surface area contributed by atoms with Crippen LogP contribution in [-0.4, -0.2) is 16.1 Å². The predicted octanol–water partition coefficient (Wildman–Crippen LogP) is 1.52. The number of H-pyrrole nitrogens is 1. The first kappa shape index (κ1) is 11.1. The molecular weight excluding hydrogens is 230 g/mol. The molecule has 7 heteroatoms. The Balaban J connectivity index is 2.21. The molecule has 2 aromatic rings. The van der Waals surface area contributed by atoms with E-state index in [4.69, 9.17) is 5.73 Å². The Kier molecular flexibility index (Phi) is 2.73. The third-order valence-corrected chi connectivity index (χ3v) is 2.02. The molecule has 1 amide bonds. The number of halogens is 2. The van der Waals surface area contributed by atoms with Gasteiger partial charge in [0.05, 0.1) is 11.9 Å². The van der Waals surface area contributed by atoms with Crippen LogP contribution < -0.4 is 11.1 Å². The highest BCUT2D eigenvalue weighted by molar-refractivity contribution is 6.06. The fourth-order valence-corrected chi connectivity index (χ4v) is 1.30. The van der Waals surface area contributed by atoms with E-state index in [-0.39, 0.29) is 17.1 Å². The number of aromatic nitrogens is 2. The normalized spacial score (nSPS) is 10.2. The molecule has 0 bridgehead atoms. The summed E-state index contributed by atoms with van der Waals surface area (Å²) in [4.78, 5) is 11.6. The highest BCUT2D eigenvalue weighted by Gasteiger charge is 2.12. The minimum atomic E-state index is -0.780. The third-order valence-electron chi connectivity index (χ3n) is 2.02. The molecule has 88 valence electrons. The van der Waals surface area contributed by atoms with Gasteiger partial charge in [-0.3, -0.25) is 9.89 Å². The van der Waals surface area contributed by atoms with E-state index >= 15 is 0 Å². The quantitative estimate of drug-likeness (QED) is 0.741. The van der Waals surface area contributed by atoms with Gasteiger partial charge in [-0.2, -0.15) is 5.10 Å². The molecule has 0 radical (unpaired) electrons. The first-order valence-electron chi connectivity index (χ1n) is 4.62. The fraction of sp³-hybridized carbons (Fsp3) is 0. The molecule has 0 spiro atoms. The number of rotatable bonds is 2. The zero-order chi connectivity index (χ0) is 12.4. The van der Waals surface area contributed by atoms with Crippen molar-refractivity contribution in [2.24, 2.45) is 0 Å². The molecule has 4 N–H and O–H groups in total. The summed E-state index contributed by atoms with van der Waals surface area (Å²) in [5, 5.41) is 8.24. The van der Waals surface area contributed by atoms with Crippen molar-refractivity contribution >= 4 is 17.3 Å². The van der Waals surface area contributed by atoms with E-state index in [9.17, 15) is 13.6 Å². The molecule has 0 aliphatic carbocycles. The molecule has 0 aliphatic heterocycles. The van der Waals surface area contributed by atoms with E-state index in [1.165, 1.54) is 6.20 Å². The second-order valence-corrected chi connectivity index (χ2v) is 3.31. The molecule has 0 unspecified atom stereocenters. The first-order chi connectivity index (χ1) is 8.06. The van der Waals surface area contributed by atoms with Crippen molar-refractivity contribution in [3.05, 3.63) is 41.7 Å². The number of anilines is 2. The second-order valence-electron chi connectivity index (χ2n) is 3.31. The number of hydrogen-bond donors (Lipinski definition) is 3. The van der Waals surface area contributed by atoms with Crippen LogP contribution >= 0.6 is 0 Å². The Bertz CT molecular complexity index is 547. The zero-order valence-electron chi connectivity index (χ0n) is 8.50. The van der Waals surface area contributed by atoms with E-state index in [1.807, 2.05) is 0 Å². The Morgan fingerprint density at radius 2 is 1.94 bits per heavy atom. The van der Waals surface area contributed by atoms with Crippen LogP contribution in [0.5, 0.6) is 0 Å². The SMILES string of the molecule is Nc1cn[nH]c1C(=O)Nc1cc(F)cc(F)c1. The van der Waals surface area contributed by atoms with Gasteiger partial charge in [0.25, 0.3) is 5.91 Å². The number of carbonyl (C=O) groups is 1. The summed E-state index contributed by atoms with van der Waals surface area (Å²) >= 11 is 0. The molecular formula is C10H8F2N4O. The lowest BCUT2D eigenvalue weighted by atomic mass is 10.3. The van der Waals surface area contributed by atoms with Crippen LogP contribution in [0.4, 0.5) is 20.2 Å². The van der Waals surface area contributed by atoms with E-state index in [1.54, 1.807) is 0 Å². The van der Waals surface area contributed by atoms with E-state index in [0.717, 1.165) is 12.1 Å². The van der Waals surface area contributed by atoms with Gasteiger partial charge in [-0.15, -0.1) is 0 Å². The smallest absolute Gasteiger partial charge is 0.275 e. The van der Waals surface area contributed by atoms with Gasteiger partial charge in [0.2, 0.25) is 0 Å². The summed E-state index contributed by atoms with van der Waals surface area (Å²) in [5.74, 6) is -2.18. The Labute approximate surface area is 94.6 Å². The highest BCUT2D eigenvalue weighted by Crippen LogP contribution is 2.15. The van der Waals surface area contributed by atoms with E-state index in [2.05, 4.69) is 15.5 Å². The van der Waals surface area contributed by atoms with Crippen molar-refractivity contribution in [2.45, 2.75) is 0 Å². The molecule has 1 aromatic carbocycles. The van der Waals surface area contributed by atoms with Gasteiger partial charge in [-0.25, -0.2) is 8.78 Å². The number of nitrogens with two attached hydrogens (primary N) is 1. The van der Waals surface area contributed by atoms with Gasteiger partial charge in [0.1, 0.15) is 17.3 Å². The minimum absolute atomic E-state index is 0.00139. The number of hydrogen-bond acceptors (Lipinski definition) is 3. The predicted molar refractivity (Wildman–Crippen MR) is 57.3 cm³/mol. The average Bonchev–Trinajstić information content (AvgIpc) is 2.62. The molecule has 0 atom stereocenters. The number of benzene rings is 1. The van der Waals surface area contributed by atoms with Gasteiger partial charge < -0.3 is 11.1 Å². The van der Waals surface area contributed by atoms with Crippen LogP contribution in [0, 0.1) is 11.6 Å². The number of nitrogens with zero attached hydrogens (tertiary/aromatic N) is 1. The minimum Gasteiger partial charge on any atom is -0.396 e. The van der Waals surface area contributed by atoms with Crippen molar-refractivity contribution in [1.29, 1.82) is 0 Å². The van der Waals surface area contributed by atoms with Gasteiger partial charge >= 0.3 is 0 Å². The molecule has 0 aliphatic rings. The second kappa shape index (κ2) is 4.20. The lowest BCUT2D eigenvalue weighted by Crippen LogP contribution is -2.14. The Hall–Kier alpha value is -2.44. The summed E-state index contributed by atoms with van der Waals surface area (Å²) in [7, 11) is 0. The summed E-state index contributed by atoms with van der Waals surface area (Å²) in [6.07, 6.45) is 1.26. The summed E-state index contributed by atoms with van der Waals surface area (Å²) in [6, 6.07) is 2.70. The maximum absolute atomic E-state index is 12.9. The van der Waals surface area contributed by atoms with Crippen LogP contribution in [-0.2, 0) is 0 Å². The summed E-state index contributed by atoms with van der Waals surface area (Å²) < 4.78 is 25.7. The molecule has 0 fully saturated rings. The number of nitrogen functional groups attached to an aromatic ring is 1. The number of amides is 1. The fourth-order valence-electron chi connectivity index (χ4n) is 1.30. The summed E-state index contributed by atoms with van der Waals surface area (Å²) in [5.41, 5.74) is 5.64. The Morgan fingerprint density at radius 1 is 1.29 bits per heavy atom. The van der Waals surface area contributed by atoms with E-state index < -0.39 is 17.5 Å². The monoisotopic (exact) mass is 238 g/mol. The van der Waals surface area contributed by atoms with Crippen molar-refractivity contribution in [2.75, 3.05) is 11.1 Å². The number of carbonyl (C=O) groups excluding carboxylic acids is 1. The first-order valence-corrected chi connectivity index (χ1v) is 4.62. The van der Waals surface area contributed by atoms with Crippen LogP contribution in [0.3, 0.4) is 0 Å². The van der Waals surface area contributed by atoms with Crippen molar-refractivity contribution < 1.29 is 13.6 Å². The Morgan fingerprint density at radius 3 is 2.47 bits per heavy atom. The lowest BCUT2D eigenvalue weighted by molar-refractivity contribution is 0.102. The van der Waals surface area contributed by atoms with Crippen LogP contribution in [0.2, 0.25) is 0 Å². The average molecular weight is 238 g/mol. The van der Waals surface area contributed by atoms with Gasteiger partial charge in [-0.05, 0) is 12.1 Å². The molecule has 1 aromatic heterocycles. The van der Waals surface area contributed by atoms with Crippen molar-refractivity contribution in [3.63, 3.8) is 0 Å². The lowest BCUT2D eigenvalue weighted by Gasteiger charge is -2.04. The largest absolute Gasteiger partial charge is 0.396 e. The zero-order valence-corrected chi connectivity index (χ0v) is 8.50. The van der Waals surface area contributed by atoms with Crippen LogP contribution in [0.15, 0.2) is 24.4 Å². The van der Waals surface area contributed by atoms with Gasteiger partial charge in [0.15, 0.2) is 0 Å². The maximum Gasteiger partial charge on any atom is 0.275 e. The van der Waals surface area contributed by atoms with Crippen molar-refractivity contribution in [1.82, 2.24) is 10.2 Å². The van der Waals surface area contributed by atoms with Gasteiger partial charge in [0, 0.05) is 11.8 Å². The third kappa shape index (κ3) is 2.39. The molecule has 0 saturated carbocycles. The maximum atomic E-state index is 12.9. The molecule has 1 heterocycles. The van der Waals surface area contributed by atoms with E-state index in [0.29, 0.717) is 6.07 Å². The standard InChI is InChI=1S/C10H8F2N4O/c11-5-1-6(12)3-7(2-5)15-10(17)9-8(13)4-14-16-9/h1-4H,13H2,(H,14,16)(H,15,17). The van der Waals surface area contributed by atoms with Crippen LogP contribution in [0.1, 0.15) is 10.5 Å². The van der Waals surface area contributed by atoms with Crippen LogP contribution in [0.25, 0.3) is 0 Å². The highest BCUT2D eigenvalue weighted by atomic mass is 19.1.